The number of fused-ring (bicyclic) bond motifs is 1. The monoisotopic (exact) mass is 269 g/mol. The van der Waals surface area contributed by atoms with E-state index in [0.717, 1.165) is 11.1 Å². The molecular formula is C16H16FN3. The van der Waals surface area contributed by atoms with Crippen LogP contribution >= 0.6 is 0 Å². The van der Waals surface area contributed by atoms with Crippen LogP contribution in [0.3, 0.4) is 0 Å². The normalized spacial score (nSPS) is 24.4. The molecule has 2 aromatic rings. The van der Waals surface area contributed by atoms with Gasteiger partial charge in [0.25, 0.3) is 0 Å². The fourth-order valence-electron chi connectivity index (χ4n) is 2.61. The molecule has 4 heteroatoms. The Morgan fingerprint density at radius 2 is 1.85 bits per heavy atom. The fraction of sp³-hybridized carbons (Fsp3) is 0.125. The summed E-state index contributed by atoms with van der Waals surface area (Å²) in [5.41, 5.74) is 20.0. The lowest BCUT2D eigenvalue weighted by molar-refractivity contribution is 0.442. The summed E-state index contributed by atoms with van der Waals surface area (Å²) < 4.78 is 13.7. The van der Waals surface area contributed by atoms with Crippen molar-refractivity contribution >= 4 is 11.8 Å². The van der Waals surface area contributed by atoms with E-state index in [2.05, 4.69) is 0 Å². The van der Waals surface area contributed by atoms with E-state index in [1.165, 1.54) is 12.1 Å². The van der Waals surface area contributed by atoms with Gasteiger partial charge >= 0.3 is 0 Å². The Bertz CT molecular complexity index is 696. The summed E-state index contributed by atoms with van der Waals surface area (Å²) in [4.78, 5) is 0. The number of hydrogen-bond donors (Lipinski definition) is 3. The Kier molecular flexibility index (Phi) is 2.85. The minimum atomic E-state index is -0.942. The van der Waals surface area contributed by atoms with Gasteiger partial charge < -0.3 is 17.2 Å². The minimum absolute atomic E-state index is 0.103. The number of benzene rings is 2. The zero-order valence-electron chi connectivity index (χ0n) is 10.9. The van der Waals surface area contributed by atoms with Gasteiger partial charge in [-0.25, -0.2) is 4.39 Å². The lowest BCUT2D eigenvalue weighted by Crippen LogP contribution is -2.46. The molecule has 0 aliphatic heterocycles. The first-order valence-electron chi connectivity index (χ1n) is 6.40. The van der Waals surface area contributed by atoms with Gasteiger partial charge in [-0.2, -0.15) is 0 Å². The van der Waals surface area contributed by atoms with Crippen molar-refractivity contribution in [2.75, 3.05) is 5.73 Å². The minimum Gasteiger partial charge on any atom is -0.396 e. The molecule has 3 rings (SSSR count). The third-order valence-corrected chi connectivity index (χ3v) is 3.88. The van der Waals surface area contributed by atoms with E-state index in [4.69, 9.17) is 17.2 Å². The molecule has 20 heavy (non-hydrogen) atoms. The van der Waals surface area contributed by atoms with E-state index < -0.39 is 17.4 Å². The Labute approximate surface area is 116 Å². The highest BCUT2D eigenvalue weighted by Gasteiger charge is 2.36. The number of rotatable bonds is 1. The predicted octanol–water partition coefficient (Wildman–Crippen LogP) is 2.29. The highest BCUT2D eigenvalue weighted by Crippen LogP contribution is 2.39. The third-order valence-electron chi connectivity index (χ3n) is 3.88. The molecule has 1 aliphatic carbocycles. The standard InChI is InChI=1S/C16H16FN3/c17-13-9-11(5-6-14(13)18)16(20)8-7-10-3-1-2-4-12(10)15(16)19/h1-9,15H,18-20H2. The van der Waals surface area contributed by atoms with E-state index >= 15 is 0 Å². The first-order valence-corrected chi connectivity index (χ1v) is 6.40. The first-order chi connectivity index (χ1) is 9.52. The molecule has 2 aromatic carbocycles. The van der Waals surface area contributed by atoms with E-state index in [9.17, 15) is 4.39 Å². The largest absolute Gasteiger partial charge is 0.396 e. The summed E-state index contributed by atoms with van der Waals surface area (Å²) in [6.45, 7) is 0. The van der Waals surface area contributed by atoms with Gasteiger partial charge in [0.15, 0.2) is 0 Å². The highest BCUT2D eigenvalue weighted by molar-refractivity contribution is 5.62. The van der Waals surface area contributed by atoms with Crippen LogP contribution < -0.4 is 17.2 Å². The van der Waals surface area contributed by atoms with Crippen LogP contribution in [0.4, 0.5) is 10.1 Å². The van der Waals surface area contributed by atoms with Crippen LogP contribution in [0.1, 0.15) is 22.7 Å². The maximum absolute atomic E-state index is 13.7. The van der Waals surface area contributed by atoms with Crippen molar-refractivity contribution in [1.82, 2.24) is 0 Å². The summed E-state index contributed by atoms with van der Waals surface area (Å²) in [5, 5.41) is 0. The van der Waals surface area contributed by atoms with Gasteiger partial charge in [-0.3, -0.25) is 0 Å². The van der Waals surface area contributed by atoms with E-state index in [0.29, 0.717) is 5.56 Å². The lowest BCUT2D eigenvalue weighted by atomic mass is 9.75. The molecule has 0 radical (unpaired) electrons. The molecule has 0 saturated heterocycles. The zero-order chi connectivity index (χ0) is 14.3. The van der Waals surface area contributed by atoms with Crippen LogP contribution in [0.5, 0.6) is 0 Å². The Balaban J connectivity index is 2.12. The second-order valence-electron chi connectivity index (χ2n) is 5.11. The Morgan fingerprint density at radius 1 is 1.10 bits per heavy atom. The van der Waals surface area contributed by atoms with Crippen molar-refractivity contribution in [2.24, 2.45) is 11.5 Å². The molecule has 3 nitrogen and oxygen atoms in total. The predicted molar refractivity (Wildman–Crippen MR) is 79.1 cm³/mol. The smallest absolute Gasteiger partial charge is 0.146 e. The number of nitrogens with two attached hydrogens (primary N) is 3. The molecule has 2 unspecified atom stereocenters. The van der Waals surface area contributed by atoms with Crippen LogP contribution in [0.25, 0.3) is 6.08 Å². The van der Waals surface area contributed by atoms with Crippen molar-refractivity contribution in [3.8, 4) is 0 Å². The van der Waals surface area contributed by atoms with Gasteiger partial charge in [0, 0.05) is 0 Å². The molecule has 0 spiro atoms. The summed E-state index contributed by atoms with van der Waals surface area (Å²) in [7, 11) is 0. The third kappa shape index (κ3) is 1.81. The molecule has 0 aromatic heterocycles. The second-order valence-corrected chi connectivity index (χ2v) is 5.11. The SMILES string of the molecule is Nc1ccc(C2(N)C=Cc3ccccc3C2N)cc1F. The molecule has 0 saturated carbocycles. The van der Waals surface area contributed by atoms with Gasteiger partial charge in [0.05, 0.1) is 17.3 Å². The molecule has 2 atom stereocenters. The van der Waals surface area contributed by atoms with Crippen molar-refractivity contribution in [2.45, 2.75) is 11.6 Å². The van der Waals surface area contributed by atoms with Gasteiger partial charge in [0.1, 0.15) is 5.82 Å². The van der Waals surface area contributed by atoms with Crippen LogP contribution in [0, 0.1) is 5.82 Å². The highest BCUT2D eigenvalue weighted by atomic mass is 19.1. The quantitative estimate of drug-likeness (QED) is 0.695. The molecule has 102 valence electrons. The first kappa shape index (κ1) is 12.8. The van der Waals surface area contributed by atoms with Crippen molar-refractivity contribution < 1.29 is 4.39 Å². The molecule has 6 N–H and O–H groups in total. The van der Waals surface area contributed by atoms with Crippen LogP contribution in [0.15, 0.2) is 48.5 Å². The fourth-order valence-corrected chi connectivity index (χ4v) is 2.61. The number of halogens is 1. The summed E-state index contributed by atoms with van der Waals surface area (Å²) >= 11 is 0. The summed E-state index contributed by atoms with van der Waals surface area (Å²) in [6, 6.07) is 11.9. The molecule has 0 amide bonds. The second kappa shape index (κ2) is 4.44. The van der Waals surface area contributed by atoms with Gasteiger partial charge in [-0.1, -0.05) is 42.5 Å². The maximum atomic E-state index is 13.7. The van der Waals surface area contributed by atoms with Crippen LogP contribution in [0.2, 0.25) is 0 Å². The number of anilines is 1. The maximum Gasteiger partial charge on any atom is 0.146 e. The molecular weight excluding hydrogens is 253 g/mol. The van der Waals surface area contributed by atoms with E-state index in [1.54, 1.807) is 6.07 Å². The lowest BCUT2D eigenvalue weighted by Gasteiger charge is -2.37. The average Bonchev–Trinajstić information content (AvgIpc) is 2.46. The molecule has 0 heterocycles. The van der Waals surface area contributed by atoms with Crippen LogP contribution in [-0.4, -0.2) is 0 Å². The Morgan fingerprint density at radius 3 is 2.60 bits per heavy atom. The van der Waals surface area contributed by atoms with Gasteiger partial charge in [-0.15, -0.1) is 0 Å². The van der Waals surface area contributed by atoms with E-state index in [1.807, 2.05) is 36.4 Å². The van der Waals surface area contributed by atoms with Gasteiger partial charge in [0.2, 0.25) is 0 Å². The summed E-state index contributed by atoms with van der Waals surface area (Å²) in [6.07, 6.45) is 3.75. The van der Waals surface area contributed by atoms with Crippen molar-refractivity contribution in [3.63, 3.8) is 0 Å². The number of hydrogen-bond acceptors (Lipinski definition) is 3. The van der Waals surface area contributed by atoms with Crippen molar-refractivity contribution in [3.05, 3.63) is 71.0 Å². The molecule has 1 aliphatic rings. The topological polar surface area (TPSA) is 78.1 Å². The van der Waals surface area contributed by atoms with Crippen molar-refractivity contribution in [1.29, 1.82) is 0 Å². The average molecular weight is 269 g/mol. The number of nitrogen functional groups attached to an aromatic ring is 1. The van der Waals surface area contributed by atoms with Gasteiger partial charge in [-0.05, 0) is 28.8 Å². The van der Waals surface area contributed by atoms with Crippen LogP contribution in [-0.2, 0) is 5.54 Å². The summed E-state index contributed by atoms with van der Waals surface area (Å²) in [5.74, 6) is -0.480. The molecule has 0 fully saturated rings. The zero-order valence-corrected chi connectivity index (χ0v) is 10.9. The molecule has 0 bridgehead atoms. The Hall–Kier alpha value is -2.17. The van der Waals surface area contributed by atoms with E-state index in [-0.39, 0.29) is 5.69 Å².